The molecule has 1 aromatic carbocycles. The molecule has 0 aliphatic carbocycles. The van der Waals surface area contributed by atoms with Crippen LogP contribution < -0.4 is 11.1 Å². The third kappa shape index (κ3) is 3.03. The second-order valence-electron chi connectivity index (χ2n) is 4.33. The molecular formula is C14H14FN3O2. The summed E-state index contributed by atoms with van der Waals surface area (Å²) in [5.74, 6) is -1.12. The molecule has 1 amide bonds. The van der Waals surface area contributed by atoms with Crippen molar-refractivity contribution in [1.82, 2.24) is 4.98 Å². The van der Waals surface area contributed by atoms with E-state index in [0.717, 1.165) is 11.8 Å². The molecule has 0 aliphatic heterocycles. The normalized spacial score (nSPS) is 10.3. The van der Waals surface area contributed by atoms with E-state index in [-0.39, 0.29) is 23.5 Å². The first-order valence-corrected chi connectivity index (χ1v) is 5.96. The molecule has 5 nitrogen and oxygen atoms in total. The lowest BCUT2D eigenvalue weighted by molar-refractivity contribution is 0.100. The lowest BCUT2D eigenvalue weighted by atomic mass is 10.2. The van der Waals surface area contributed by atoms with Gasteiger partial charge < -0.3 is 16.2 Å². The van der Waals surface area contributed by atoms with Gasteiger partial charge in [0.25, 0.3) is 0 Å². The maximum atomic E-state index is 13.6. The van der Waals surface area contributed by atoms with Crippen LogP contribution in [0.25, 0.3) is 0 Å². The van der Waals surface area contributed by atoms with Gasteiger partial charge in [0.15, 0.2) is 0 Å². The Hall–Kier alpha value is -2.63. The molecule has 6 heteroatoms. The van der Waals surface area contributed by atoms with E-state index in [1.165, 1.54) is 18.2 Å². The Balaban J connectivity index is 2.20. The average Bonchev–Trinajstić information content (AvgIpc) is 2.41. The Morgan fingerprint density at radius 1 is 1.40 bits per heavy atom. The Morgan fingerprint density at radius 2 is 2.15 bits per heavy atom. The highest BCUT2D eigenvalue weighted by molar-refractivity contribution is 5.93. The first-order valence-electron chi connectivity index (χ1n) is 5.96. The molecule has 1 heterocycles. The van der Waals surface area contributed by atoms with Crippen LogP contribution in [-0.2, 0) is 6.54 Å². The van der Waals surface area contributed by atoms with Gasteiger partial charge in [0.05, 0.1) is 12.2 Å². The van der Waals surface area contributed by atoms with Gasteiger partial charge in [-0.25, -0.2) is 4.39 Å². The van der Waals surface area contributed by atoms with Gasteiger partial charge in [-0.1, -0.05) is 0 Å². The van der Waals surface area contributed by atoms with Crippen molar-refractivity contribution in [3.05, 3.63) is 53.1 Å². The molecule has 0 atom stereocenters. The van der Waals surface area contributed by atoms with Crippen LogP contribution in [0.1, 0.15) is 21.7 Å². The van der Waals surface area contributed by atoms with E-state index >= 15 is 0 Å². The number of aromatic nitrogens is 1. The molecule has 0 saturated heterocycles. The minimum atomic E-state index is -0.635. The van der Waals surface area contributed by atoms with Crippen molar-refractivity contribution in [2.45, 2.75) is 13.5 Å². The van der Waals surface area contributed by atoms with E-state index < -0.39 is 11.7 Å². The van der Waals surface area contributed by atoms with Crippen LogP contribution in [0.3, 0.4) is 0 Å². The lowest BCUT2D eigenvalue weighted by Crippen LogP contribution is -2.12. The Kier molecular flexibility index (Phi) is 3.84. The molecule has 0 radical (unpaired) electrons. The number of nitrogens with zero attached hydrogens (tertiary/aromatic N) is 1. The number of pyridine rings is 1. The SMILES string of the molecule is Cc1ccc(O)c(CNc2cc(C(N)=O)ccc2F)n1. The monoisotopic (exact) mass is 275 g/mol. The maximum absolute atomic E-state index is 13.6. The number of amides is 1. The number of primary amides is 1. The predicted molar refractivity (Wildman–Crippen MR) is 72.9 cm³/mol. The zero-order valence-electron chi connectivity index (χ0n) is 10.9. The van der Waals surface area contributed by atoms with Gasteiger partial charge in [-0.15, -0.1) is 0 Å². The van der Waals surface area contributed by atoms with Crippen LogP contribution in [0.15, 0.2) is 30.3 Å². The molecule has 104 valence electrons. The molecule has 2 rings (SSSR count). The van der Waals surface area contributed by atoms with Crippen LogP contribution in [0.4, 0.5) is 10.1 Å². The molecule has 0 fully saturated rings. The van der Waals surface area contributed by atoms with Gasteiger partial charge in [0.2, 0.25) is 5.91 Å². The van der Waals surface area contributed by atoms with Crippen LogP contribution in [0.5, 0.6) is 5.75 Å². The molecule has 1 aromatic heterocycles. The molecule has 0 spiro atoms. The van der Waals surface area contributed by atoms with E-state index in [4.69, 9.17) is 5.73 Å². The standard InChI is InChI=1S/C14H14FN3O2/c1-8-2-5-13(19)12(18-8)7-17-11-6-9(14(16)20)3-4-10(11)15/h2-6,17,19H,7H2,1H3,(H2,16,20). The number of benzene rings is 1. The largest absolute Gasteiger partial charge is 0.506 e. The summed E-state index contributed by atoms with van der Waals surface area (Å²) >= 11 is 0. The number of rotatable bonds is 4. The van der Waals surface area contributed by atoms with Gasteiger partial charge in [0.1, 0.15) is 17.3 Å². The Labute approximate surface area is 115 Å². The predicted octanol–water partition coefficient (Wildman–Crippen LogP) is 1.95. The van der Waals surface area contributed by atoms with E-state index in [2.05, 4.69) is 10.3 Å². The van der Waals surface area contributed by atoms with Crippen molar-refractivity contribution >= 4 is 11.6 Å². The number of hydrogen-bond donors (Lipinski definition) is 3. The molecule has 4 N–H and O–H groups in total. The number of halogens is 1. The Morgan fingerprint density at radius 3 is 2.85 bits per heavy atom. The summed E-state index contributed by atoms with van der Waals surface area (Å²) in [6, 6.07) is 6.99. The van der Waals surface area contributed by atoms with E-state index in [1.54, 1.807) is 13.0 Å². The number of aromatic hydroxyl groups is 1. The van der Waals surface area contributed by atoms with Gasteiger partial charge in [0, 0.05) is 11.3 Å². The van der Waals surface area contributed by atoms with Crippen molar-refractivity contribution in [3.63, 3.8) is 0 Å². The second-order valence-corrected chi connectivity index (χ2v) is 4.33. The number of carbonyl (C=O) groups is 1. The fourth-order valence-corrected chi connectivity index (χ4v) is 1.73. The van der Waals surface area contributed by atoms with Crippen LogP contribution >= 0.6 is 0 Å². The molecular weight excluding hydrogens is 261 g/mol. The third-order valence-electron chi connectivity index (χ3n) is 2.79. The fourth-order valence-electron chi connectivity index (χ4n) is 1.73. The van der Waals surface area contributed by atoms with E-state index in [9.17, 15) is 14.3 Å². The highest BCUT2D eigenvalue weighted by Crippen LogP contribution is 2.20. The summed E-state index contributed by atoms with van der Waals surface area (Å²) in [5, 5.41) is 12.4. The van der Waals surface area contributed by atoms with E-state index in [1.807, 2.05) is 0 Å². The van der Waals surface area contributed by atoms with Crippen LogP contribution in [0.2, 0.25) is 0 Å². The van der Waals surface area contributed by atoms with Crippen molar-refractivity contribution in [2.24, 2.45) is 5.73 Å². The minimum absolute atomic E-state index is 0.0227. The lowest BCUT2D eigenvalue weighted by Gasteiger charge is -2.10. The van der Waals surface area contributed by atoms with E-state index in [0.29, 0.717) is 5.69 Å². The molecule has 20 heavy (non-hydrogen) atoms. The highest BCUT2D eigenvalue weighted by Gasteiger charge is 2.09. The van der Waals surface area contributed by atoms with Gasteiger partial charge in [-0.2, -0.15) is 0 Å². The number of carbonyl (C=O) groups excluding carboxylic acids is 1. The summed E-state index contributed by atoms with van der Waals surface area (Å²) in [6.07, 6.45) is 0. The highest BCUT2D eigenvalue weighted by atomic mass is 19.1. The second kappa shape index (κ2) is 5.56. The van der Waals surface area contributed by atoms with Gasteiger partial charge in [-0.05, 0) is 37.3 Å². The number of nitrogens with two attached hydrogens (primary N) is 1. The minimum Gasteiger partial charge on any atom is -0.506 e. The van der Waals surface area contributed by atoms with Crippen molar-refractivity contribution in [2.75, 3.05) is 5.32 Å². The number of nitrogens with one attached hydrogen (secondary N) is 1. The first kappa shape index (κ1) is 13.8. The van der Waals surface area contributed by atoms with Gasteiger partial charge >= 0.3 is 0 Å². The summed E-state index contributed by atoms with van der Waals surface area (Å²) < 4.78 is 13.6. The smallest absolute Gasteiger partial charge is 0.248 e. The Bertz CT molecular complexity index is 659. The number of aryl methyl sites for hydroxylation is 1. The zero-order valence-corrected chi connectivity index (χ0v) is 10.9. The molecule has 0 aliphatic rings. The average molecular weight is 275 g/mol. The molecule has 0 unspecified atom stereocenters. The van der Waals surface area contributed by atoms with Crippen molar-refractivity contribution < 1.29 is 14.3 Å². The zero-order chi connectivity index (χ0) is 14.7. The van der Waals surface area contributed by atoms with Crippen LogP contribution in [0, 0.1) is 12.7 Å². The summed E-state index contributed by atoms with van der Waals surface area (Å²) in [6.45, 7) is 1.92. The summed E-state index contributed by atoms with van der Waals surface area (Å²) in [5.41, 5.74) is 6.61. The van der Waals surface area contributed by atoms with Gasteiger partial charge in [-0.3, -0.25) is 9.78 Å². The van der Waals surface area contributed by atoms with Crippen molar-refractivity contribution in [1.29, 1.82) is 0 Å². The molecule has 0 saturated carbocycles. The quantitative estimate of drug-likeness (QED) is 0.795. The fraction of sp³-hybridized carbons (Fsp3) is 0.143. The summed E-state index contributed by atoms with van der Waals surface area (Å²) in [7, 11) is 0. The third-order valence-corrected chi connectivity index (χ3v) is 2.79. The van der Waals surface area contributed by atoms with Crippen LogP contribution in [-0.4, -0.2) is 16.0 Å². The first-order chi connectivity index (χ1) is 9.47. The molecule has 2 aromatic rings. The summed E-state index contributed by atoms with van der Waals surface area (Å²) in [4.78, 5) is 15.2. The molecule has 0 bridgehead atoms. The number of hydrogen-bond acceptors (Lipinski definition) is 4. The maximum Gasteiger partial charge on any atom is 0.248 e. The number of anilines is 1. The topological polar surface area (TPSA) is 88.2 Å². The van der Waals surface area contributed by atoms with Crippen molar-refractivity contribution in [3.8, 4) is 5.75 Å².